The molecule has 0 heterocycles. The molecule has 2 rings (SSSR count). The molecule has 0 aromatic heterocycles. The smallest absolute Gasteiger partial charge is 0.311 e. The summed E-state index contributed by atoms with van der Waals surface area (Å²) in [7, 11) is 0. The highest BCUT2D eigenvalue weighted by molar-refractivity contribution is 6.35. The molecule has 0 radical (unpaired) electrons. The number of hydrogen-bond acceptors (Lipinski definition) is 5. The average molecular weight is 397 g/mol. The Balaban J connectivity index is 1.99. The van der Waals surface area contributed by atoms with E-state index >= 15 is 0 Å². The predicted molar refractivity (Wildman–Crippen MR) is 97.4 cm³/mol. The Kier molecular flexibility index (Phi) is 6.54. The number of carbonyl (C=O) groups is 2. The van der Waals surface area contributed by atoms with Crippen LogP contribution in [-0.4, -0.2) is 22.9 Å². The van der Waals surface area contributed by atoms with Crippen molar-refractivity contribution in [3.63, 3.8) is 0 Å². The Morgan fingerprint density at radius 1 is 1.23 bits per heavy atom. The average Bonchev–Trinajstić information content (AvgIpc) is 2.58. The van der Waals surface area contributed by atoms with E-state index in [0.717, 1.165) is 0 Å². The van der Waals surface area contributed by atoms with Crippen molar-refractivity contribution in [3.8, 4) is 0 Å². The van der Waals surface area contributed by atoms with Crippen LogP contribution in [0.5, 0.6) is 0 Å². The molecule has 0 fully saturated rings. The van der Waals surface area contributed by atoms with Crippen LogP contribution in [0.1, 0.15) is 12.5 Å². The van der Waals surface area contributed by atoms with E-state index in [0.29, 0.717) is 5.02 Å². The summed E-state index contributed by atoms with van der Waals surface area (Å²) < 4.78 is 5.04. The van der Waals surface area contributed by atoms with Gasteiger partial charge in [-0.15, -0.1) is 0 Å². The molecule has 0 aliphatic rings. The number of para-hydroxylation sites is 1. The lowest BCUT2D eigenvalue weighted by molar-refractivity contribution is -0.385. The summed E-state index contributed by atoms with van der Waals surface area (Å²) in [6, 6.07) is 10.4. The minimum Gasteiger partial charge on any atom is -0.452 e. The predicted octanol–water partition coefficient (Wildman–Crippen LogP) is 4.01. The summed E-state index contributed by atoms with van der Waals surface area (Å²) in [5.74, 6) is -1.37. The molecule has 0 saturated carbocycles. The number of ether oxygens (including phenoxy) is 1. The number of amides is 1. The largest absolute Gasteiger partial charge is 0.452 e. The van der Waals surface area contributed by atoms with E-state index in [4.69, 9.17) is 27.9 Å². The molecule has 136 valence electrons. The fourth-order valence-corrected chi connectivity index (χ4v) is 2.45. The number of esters is 1. The van der Waals surface area contributed by atoms with Gasteiger partial charge in [0, 0.05) is 16.7 Å². The third kappa shape index (κ3) is 5.18. The van der Waals surface area contributed by atoms with E-state index in [1.807, 2.05) is 0 Å². The Bertz CT molecular complexity index is 857. The van der Waals surface area contributed by atoms with Crippen molar-refractivity contribution in [2.45, 2.75) is 19.4 Å². The Morgan fingerprint density at radius 3 is 2.62 bits per heavy atom. The Morgan fingerprint density at radius 2 is 1.92 bits per heavy atom. The zero-order chi connectivity index (χ0) is 19.3. The lowest BCUT2D eigenvalue weighted by Gasteiger charge is -2.14. The quantitative estimate of drug-likeness (QED) is 0.451. The number of nitro groups is 1. The van der Waals surface area contributed by atoms with Crippen LogP contribution >= 0.6 is 23.2 Å². The van der Waals surface area contributed by atoms with Gasteiger partial charge in [0.25, 0.3) is 11.6 Å². The molecule has 0 aliphatic heterocycles. The van der Waals surface area contributed by atoms with Gasteiger partial charge >= 0.3 is 5.97 Å². The molecule has 0 spiro atoms. The van der Waals surface area contributed by atoms with Crippen molar-refractivity contribution >= 4 is 46.5 Å². The van der Waals surface area contributed by atoms with Crippen molar-refractivity contribution in [1.29, 1.82) is 0 Å². The maximum absolute atomic E-state index is 12.1. The minimum absolute atomic E-state index is 0.188. The van der Waals surface area contributed by atoms with Gasteiger partial charge in [0.1, 0.15) is 0 Å². The summed E-state index contributed by atoms with van der Waals surface area (Å²) in [6.45, 7) is 1.38. The van der Waals surface area contributed by atoms with Crippen molar-refractivity contribution in [2.24, 2.45) is 0 Å². The molecule has 0 unspecified atom stereocenters. The van der Waals surface area contributed by atoms with Crippen LogP contribution in [0.4, 0.5) is 11.4 Å². The molecule has 26 heavy (non-hydrogen) atoms. The SMILES string of the molecule is C[C@H](OC(=O)Cc1ccccc1[N+](=O)[O-])C(=O)Nc1cc(Cl)ccc1Cl. The van der Waals surface area contributed by atoms with Gasteiger partial charge in [-0.1, -0.05) is 41.4 Å². The molecule has 1 atom stereocenters. The first-order valence-corrected chi connectivity index (χ1v) is 8.21. The number of carbonyl (C=O) groups excluding carboxylic acids is 2. The Hall–Kier alpha value is -2.64. The fraction of sp³-hybridized carbons (Fsp3) is 0.176. The highest BCUT2D eigenvalue weighted by Gasteiger charge is 2.21. The molecule has 7 nitrogen and oxygen atoms in total. The van der Waals surface area contributed by atoms with E-state index in [9.17, 15) is 19.7 Å². The molecule has 1 amide bonds. The molecular weight excluding hydrogens is 383 g/mol. The zero-order valence-electron chi connectivity index (χ0n) is 13.6. The molecule has 9 heteroatoms. The number of anilines is 1. The molecule has 0 saturated heterocycles. The fourth-order valence-electron chi connectivity index (χ4n) is 2.11. The number of halogens is 2. The lowest BCUT2D eigenvalue weighted by atomic mass is 10.1. The van der Waals surface area contributed by atoms with Gasteiger partial charge in [-0.3, -0.25) is 19.7 Å². The normalized spacial score (nSPS) is 11.5. The van der Waals surface area contributed by atoms with Gasteiger partial charge in [-0.2, -0.15) is 0 Å². The number of rotatable bonds is 6. The second kappa shape index (κ2) is 8.64. The van der Waals surface area contributed by atoms with E-state index in [1.165, 1.54) is 37.3 Å². The summed E-state index contributed by atoms with van der Waals surface area (Å²) in [6.07, 6.45) is -1.45. The molecular formula is C17H14Cl2N2O5. The van der Waals surface area contributed by atoms with Crippen LogP contribution in [-0.2, 0) is 20.7 Å². The van der Waals surface area contributed by atoms with Gasteiger partial charge in [0.05, 0.1) is 22.1 Å². The first-order valence-electron chi connectivity index (χ1n) is 7.45. The number of hydrogen-bond donors (Lipinski definition) is 1. The third-order valence-corrected chi connectivity index (χ3v) is 3.95. The molecule has 2 aromatic carbocycles. The number of nitro benzene ring substituents is 1. The first kappa shape index (κ1) is 19.7. The first-order chi connectivity index (χ1) is 12.3. The van der Waals surface area contributed by atoms with Gasteiger partial charge in [0.15, 0.2) is 6.10 Å². The van der Waals surface area contributed by atoms with Crippen LogP contribution in [0.25, 0.3) is 0 Å². The van der Waals surface area contributed by atoms with Gasteiger partial charge in [-0.25, -0.2) is 0 Å². The van der Waals surface area contributed by atoms with Gasteiger partial charge in [0.2, 0.25) is 0 Å². The van der Waals surface area contributed by atoms with E-state index in [1.54, 1.807) is 12.1 Å². The zero-order valence-corrected chi connectivity index (χ0v) is 15.1. The maximum Gasteiger partial charge on any atom is 0.311 e. The lowest BCUT2D eigenvalue weighted by Crippen LogP contribution is -2.30. The van der Waals surface area contributed by atoms with Gasteiger partial charge in [-0.05, 0) is 25.1 Å². The molecule has 2 aromatic rings. The van der Waals surface area contributed by atoms with Crippen LogP contribution < -0.4 is 5.32 Å². The highest BCUT2D eigenvalue weighted by atomic mass is 35.5. The van der Waals surface area contributed by atoms with Gasteiger partial charge < -0.3 is 10.1 Å². The van der Waals surface area contributed by atoms with Crippen molar-refractivity contribution in [3.05, 3.63) is 68.2 Å². The van der Waals surface area contributed by atoms with Crippen LogP contribution in [0, 0.1) is 10.1 Å². The summed E-state index contributed by atoms with van der Waals surface area (Å²) >= 11 is 11.8. The number of nitrogens with zero attached hydrogens (tertiary/aromatic N) is 1. The monoisotopic (exact) mass is 396 g/mol. The summed E-state index contributed by atoms with van der Waals surface area (Å²) in [5, 5.41) is 14.1. The highest BCUT2D eigenvalue weighted by Crippen LogP contribution is 2.25. The van der Waals surface area contributed by atoms with E-state index in [-0.39, 0.29) is 28.4 Å². The van der Waals surface area contributed by atoms with Crippen LogP contribution in [0.3, 0.4) is 0 Å². The third-order valence-electron chi connectivity index (χ3n) is 3.39. The van der Waals surface area contributed by atoms with Crippen molar-refractivity contribution in [2.75, 3.05) is 5.32 Å². The van der Waals surface area contributed by atoms with Crippen LogP contribution in [0.15, 0.2) is 42.5 Å². The summed E-state index contributed by atoms with van der Waals surface area (Å²) in [4.78, 5) is 34.5. The topological polar surface area (TPSA) is 98.5 Å². The second-order valence-corrected chi connectivity index (χ2v) is 6.15. The molecule has 1 N–H and O–H groups in total. The number of nitrogens with one attached hydrogen (secondary N) is 1. The van der Waals surface area contributed by atoms with E-state index < -0.39 is 22.9 Å². The van der Waals surface area contributed by atoms with E-state index in [2.05, 4.69) is 5.32 Å². The summed E-state index contributed by atoms with van der Waals surface area (Å²) in [5.41, 5.74) is 0.297. The minimum atomic E-state index is -1.12. The van der Waals surface area contributed by atoms with Crippen molar-refractivity contribution < 1.29 is 19.2 Å². The standard InChI is InChI=1S/C17H14Cl2N2O5/c1-10(17(23)20-14-9-12(18)6-7-13(14)19)26-16(22)8-11-4-2-3-5-15(11)21(24)25/h2-7,9-10H,8H2,1H3,(H,20,23)/t10-/m0/s1. The Labute approximate surface area is 159 Å². The molecule has 0 aliphatic carbocycles. The van der Waals surface area contributed by atoms with Crippen LogP contribution in [0.2, 0.25) is 10.0 Å². The second-order valence-electron chi connectivity index (χ2n) is 5.31. The molecule has 0 bridgehead atoms. The van der Waals surface area contributed by atoms with Crippen molar-refractivity contribution in [1.82, 2.24) is 0 Å². The maximum atomic E-state index is 12.1. The number of benzene rings is 2.